The molecule has 1 aliphatic rings. The van der Waals surface area contributed by atoms with E-state index in [0.717, 1.165) is 13.0 Å². The number of likely N-dealkylation sites (N-methyl/N-ethyl adjacent to an activating group) is 1. The van der Waals surface area contributed by atoms with Gasteiger partial charge in [0.25, 0.3) is 0 Å². The minimum Gasteiger partial charge on any atom is -0.316 e. The number of nitrogens with zero attached hydrogens (tertiary/aromatic N) is 1. The van der Waals surface area contributed by atoms with Gasteiger partial charge in [0, 0.05) is 19.6 Å². The highest BCUT2D eigenvalue weighted by atomic mass is 35.5. The van der Waals surface area contributed by atoms with Crippen LogP contribution in [0.5, 0.6) is 0 Å². The maximum absolute atomic E-state index is 3.49. The lowest BCUT2D eigenvalue weighted by atomic mass is 9.89. The van der Waals surface area contributed by atoms with Crippen LogP contribution in [0.15, 0.2) is 30.3 Å². The molecule has 1 unspecified atom stereocenters. The highest BCUT2D eigenvalue weighted by Crippen LogP contribution is 2.25. The Balaban J connectivity index is 0.00000180. The first-order chi connectivity index (χ1) is 8.72. The molecule has 0 aliphatic carbocycles. The zero-order valence-corrected chi connectivity index (χ0v) is 13.0. The minimum atomic E-state index is 0. The maximum Gasteiger partial charge on any atom is 0.00480 e. The summed E-state index contributed by atoms with van der Waals surface area (Å²) in [5.41, 5.74) is 1.93. The molecule has 1 heterocycles. The van der Waals surface area contributed by atoms with Crippen molar-refractivity contribution in [2.75, 3.05) is 32.7 Å². The fraction of sp³-hybridized carbons (Fsp3) is 0.625. The molecule has 0 saturated carbocycles. The van der Waals surface area contributed by atoms with E-state index in [4.69, 9.17) is 0 Å². The summed E-state index contributed by atoms with van der Waals surface area (Å²) >= 11 is 0. The normalized spacial score (nSPS) is 22.5. The van der Waals surface area contributed by atoms with Gasteiger partial charge < -0.3 is 10.2 Å². The molecule has 19 heavy (non-hydrogen) atoms. The third-order valence-corrected chi connectivity index (χ3v) is 4.07. The predicted octanol–water partition coefficient (Wildman–Crippen LogP) is 2.97. The summed E-state index contributed by atoms with van der Waals surface area (Å²) in [7, 11) is 0. The van der Waals surface area contributed by atoms with E-state index in [9.17, 15) is 0 Å². The van der Waals surface area contributed by atoms with E-state index < -0.39 is 0 Å². The Morgan fingerprint density at radius 1 is 1.26 bits per heavy atom. The molecule has 1 aliphatic heterocycles. The monoisotopic (exact) mass is 282 g/mol. The number of rotatable bonds is 6. The summed E-state index contributed by atoms with van der Waals surface area (Å²) in [6.45, 7) is 10.6. The lowest BCUT2D eigenvalue weighted by molar-refractivity contribution is 0.186. The van der Waals surface area contributed by atoms with Crippen LogP contribution in [0.4, 0.5) is 0 Å². The SMILES string of the molecule is CCN(CCc1ccccc1)CC1(C)CCNC1.Cl. The van der Waals surface area contributed by atoms with Gasteiger partial charge in [-0.2, -0.15) is 0 Å². The van der Waals surface area contributed by atoms with Crippen molar-refractivity contribution in [3.05, 3.63) is 35.9 Å². The second kappa shape index (κ2) is 7.88. The standard InChI is InChI=1S/C16H26N2.ClH/c1-3-18(14-16(2)10-11-17-13-16)12-9-15-7-5-4-6-8-15;/h4-8,17H,3,9-14H2,1-2H3;1H. The molecule has 0 radical (unpaired) electrons. The molecule has 1 aromatic rings. The summed E-state index contributed by atoms with van der Waals surface area (Å²) in [4.78, 5) is 2.60. The first kappa shape index (κ1) is 16.5. The van der Waals surface area contributed by atoms with Gasteiger partial charge in [0.2, 0.25) is 0 Å². The maximum atomic E-state index is 3.49. The number of hydrogen-bond donors (Lipinski definition) is 1. The quantitative estimate of drug-likeness (QED) is 0.863. The first-order valence-electron chi connectivity index (χ1n) is 7.19. The van der Waals surface area contributed by atoms with E-state index in [1.807, 2.05) is 0 Å². The highest BCUT2D eigenvalue weighted by molar-refractivity contribution is 5.85. The van der Waals surface area contributed by atoms with Gasteiger partial charge in [-0.25, -0.2) is 0 Å². The predicted molar refractivity (Wildman–Crippen MR) is 85.1 cm³/mol. The lowest BCUT2D eigenvalue weighted by Crippen LogP contribution is -2.38. The first-order valence-corrected chi connectivity index (χ1v) is 7.19. The van der Waals surface area contributed by atoms with Crippen molar-refractivity contribution < 1.29 is 0 Å². The number of benzene rings is 1. The van der Waals surface area contributed by atoms with Gasteiger partial charge >= 0.3 is 0 Å². The average Bonchev–Trinajstić information content (AvgIpc) is 2.82. The highest BCUT2D eigenvalue weighted by Gasteiger charge is 2.29. The number of halogens is 1. The Hall–Kier alpha value is -0.570. The van der Waals surface area contributed by atoms with Crippen LogP contribution in [0.2, 0.25) is 0 Å². The molecule has 0 bridgehead atoms. The van der Waals surface area contributed by atoms with Gasteiger partial charge in [0.15, 0.2) is 0 Å². The molecule has 2 nitrogen and oxygen atoms in total. The minimum absolute atomic E-state index is 0. The Morgan fingerprint density at radius 3 is 2.58 bits per heavy atom. The van der Waals surface area contributed by atoms with Crippen LogP contribution < -0.4 is 5.32 Å². The van der Waals surface area contributed by atoms with Crippen LogP contribution in [0.3, 0.4) is 0 Å². The van der Waals surface area contributed by atoms with Crippen LogP contribution in [0.25, 0.3) is 0 Å². The summed E-state index contributed by atoms with van der Waals surface area (Å²) in [6, 6.07) is 10.8. The fourth-order valence-electron chi connectivity index (χ4n) is 2.82. The number of hydrogen-bond acceptors (Lipinski definition) is 2. The smallest absolute Gasteiger partial charge is 0.00480 e. The van der Waals surface area contributed by atoms with Crippen LogP contribution in [-0.2, 0) is 6.42 Å². The summed E-state index contributed by atoms with van der Waals surface area (Å²) in [5.74, 6) is 0. The molecule has 1 fully saturated rings. The zero-order valence-electron chi connectivity index (χ0n) is 12.2. The van der Waals surface area contributed by atoms with E-state index in [2.05, 4.69) is 54.4 Å². The van der Waals surface area contributed by atoms with Crippen molar-refractivity contribution in [2.24, 2.45) is 5.41 Å². The largest absolute Gasteiger partial charge is 0.316 e. The molecular formula is C16H27ClN2. The molecule has 1 N–H and O–H groups in total. The third kappa shape index (κ3) is 5.13. The van der Waals surface area contributed by atoms with E-state index in [0.29, 0.717) is 5.41 Å². The average molecular weight is 283 g/mol. The van der Waals surface area contributed by atoms with E-state index >= 15 is 0 Å². The molecule has 1 saturated heterocycles. The molecule has 108 valence electrons. The van der Waals surface area contributed by atoms with E-state index in [-0.39, 0.29) is 12.4 Å². The van der Waals surface area contributed by atoms with Crippen molar-refractivity contribution in [2.45, 2.75) is 26.7 Å². The Bertz CT molecular complexity index is 347. The summed E-state index contributed by atoms with van der Waals surface area (Å²) < 4.78 is 0. The van der Waals surface area contributed by atoms with Gasteiger partial charge in [-0.3, -0.25) is 0 Å². The topological polar surface area (TPSA) is 15.3 Å². The third-order valence-electron chi connectivity index (χ3n) is 4.07. The van der Waals surface area contributed by atoms with Crippen LogP contribution >= 0.6 is 12.4 Å². The van der Waals surface area contributed by atoms with Crippen molar-refractivity contribution in [1.29, 1.82) is 0 Å². The zero-order chi connectivity index (χ0) is 12.8. The van der Waals surface area contributed by atoms with Crippen molar-refractivity contribution in [3.8, 4) is 0 Å². The Kier molecular flexibility index (Phi) is 6.84. The van der Waals surface area contributed by atoms with Crippen LogP contribution in [0, 0.1) is 5.41 Å². The molecule has 0 amide bonds. The van der Waals surface area contributed by atoms with Gasteiger partial charge in [-0.15, -0.1) is 12.4 Å². The van der Waals surface area contributed by atoms with Crippen molar-refractivity contribution in [1.82, 2.24) is 10.2 Å². The summed E-state index contributed by atoms with van der Waals surface area (Å²) in [5, 5.41) is 3.49. The molecule has 0 aromatic heterocycles. The van der Waals surface area contributed by atoms with Gasteiger partial charge in [-0.1, -0.05) is 44.2 Å². The number of nitrogens with one attached hydrogen (secondary N) is 1. The molecule has 1 atom stereocenters. The van der Waals surface area contributed by atoms with Crippen molar-refractivity contribution in [3.63, 3.8) is 0 Å². The van der Waals surface area contributed by atoms with Gasteiger partial charge in [0.1, 0.15) is 0 Å². The summed E-state index contributed by atoms with van der Waals surface area (Å²) in [6.07, 6.45) is 2.48. The second-order valence-electron chi connectivity index (χ2n) is 5.84. The Morgan fingerprint density at radius 2 is 2.00 bits per heavy atom. The van der Waals surface area contributed by atoms with E-state index in [1.54, 1.807) is 0 Å². The van der Waals surface area contributed by atoms with E-state index in [1.165, 1.54) is 38.2 Å². The lowest BCUT2D eigenvalue weighted by Gasteiger charge is -2.31. The molecule has 1 aromatic carbocycles. The molecule has 2 rings (SSSR count). The van der Waals surface area contributed by atoms with Crippen LogP contribution in [-0.4, -0.2) is 37.6 Å². The molecule has 3 heteroatoms. The van der Waals surface area contributed by atoms with Crippen LogP contribution in [0.1, 0.15) is 25.8 Å². The second-order valence-corrected chi connectivity index (χ2v) is 5.84. The molecule has 0 spiro atoms. The van der Waals surface area contributed by atoms with Crippen molar-refractivity contribution >= 4 is 12.4 Å². The van der Waals surface area contributed by atoms with Gasteiger partial charge in [-0.05, 0) is 36.9 Å². The van der Waals surface area contributed by atoms with Gasteiger partial charge in [0.05, 0.1) is 0 Å². The fourth-order valence-corrected chi connectivity index (χ4v) is 2.82. The Labute approximate surface area is 124 Å². The molecular weight excluding hydrogens is 256 g/mol.